The fourth-order valence-electron chi connectivity index (χ4n) is 8.06. The van der Waals surface area contributed by atoms with Gasteiger partial charge in [0, 0.05) is 16.7 Å². The van der Waals surface area contributed by atoms with Crippen LogP contribution >= 0.6 is 0 Å². The molecule has 7 nitrogen and oxygen atoms in total. The van der Waals surface area contributed by atoms with E-state index in [1.54, 1.807) is 12.2 Å². The first kappa shape index (κ1) is 27.6. The topological polar surface area (TPSA) is 110 Å². The highest BCUT2D eigenvalue weighted by Gasteiger charge is 2.68. The number of aliphatic hydroxyl groups excluding tert-OH is 1. The number of carbonyl (C=O) groups excluding carboxylic acids is 3. The predicted molar refractivity (Wildman–Crippen MR) is 136 cm³/mol. The number of ketones is 2. The van der Waals surface area contributed by atoms with E-state index >= 15 is 0 Å². The summed E-state index contributed by atoms with van der Waals surface area (Å²) in [5.41, 5.74) is -1.54. The predicted octanol–water partition coefficient (Wildman–Crippen LogP) is 3.95. The van der Waals surface area contributed by atoms with Crippen LogP contribution in [0.4, 0.5) is 8.78 Å². The number of hydrogen-bond acceptors (Lipinski definition) is 7. The van der Waals surface area contributed by atoms with Crippen molar-refractivity contribution in [2.24, 2.45) is 28.6 Å². The average Bonchev–Trinajstić information content (AvgIpc) is 3.14. The number of hydrogen-bond donors (Lipinski definition) is 2. The first-order chi connectivity index (χ1) is 18.4. The summed E-state index contributed by atoms with van der Waals surface area (Å²) >= 11 is 0. The van der Waals surface area contributed by atoms with Crippen molar-refractivity contribution >= 4 is 17.5 Å². The van der Waals surface area contributed by atoms with Crippen molar-refractivity contribution in [2.75, 3.05) is 6.61 Å². The Balaban J connectivity index is 1.26. The monoisotopic (exact) mass is 544 g/mol. The maximum Gasteiger partial charge on any atom is 0.387 e. The van der Waals surface area contributed by atoms with Crippen LogP contribution in [0, 0.1) is 28.6 Å². The molecule has 3 saturated carbocycles. The van der Waals surface area contributed by atoms with Gasteiger partial charge in [-0.1, -0.05) is 37.6 Å². The van der Waals surface area contributed by atoms with Gasteiger partial charge >= 0.3 is 12.6 Å². The van der Waals surface area contributed by atoms with Gasteiger partial charge in [0.2, 0.25) is 5.78 Å². The van der Waals surface area contributed by atoms with Crippen LogP contribution in [0.5, 0.6) is 5.75 Å². The van der Waals surface area contributed by atoms with Crippen molar-refractivity contribution in [3.8, 4) is 5.75 Å². The van der Waals surface area contributed by atoms with Crippen LogP contribution in [-0.2, 0) is 25.5 Å². The van der Waals surface area contributed by atoms with Gasteiger partial charge in [0.05, 0.1) is 12.5 Å². The Morgan fingerprint density at radius 1 is 1.15 bits per heavy atom. The van der Waals surface area contributed by atoms with E-state index in [4.69, 9.17) is 4.74 Å². The number of aliphatic hydroxyl groups is 2. The van der Waals surface area contributed by atoms with E-state index in [9.17, 15) is 33.4 Å². The third-order valence-electron chi connectivity index (χ3n) is 9.97. The number of benzene rings is 1. The van der Waals surface area contributed by atoms with E-state index in [1.165, 1.54) is 24.3 Å². The molecule has 39 heavy (non-hydrogen) atoms. The molecule has 0 amide bonds. The van der Waals surface area contributed by atoms with Crippen LogP contribution < -0.4 is 4.74 Å². The standard InChI is InChI=1S/C30H34F2O7/c1-28-11-9-19(33)14-18(28)5-8-21-22-10-12-30(37,29(22,2)15-23(34)26(21)28)24(35)16-38-25(36)13-17-3-6-20(7-4-17)39-27(31)32/h3-4,6-7,9,11,14,21-23,26-27,34,37H,5,8,10,12-13,15-16H2,1-2H3/t21?,22?,23-,26?,28?,29?,30-/m0/s1. The van der Waals surface area contributed by atoms with Crippen molar-refractivity contribution in [3.63, 3.8) is 0 Å². The van der Waals surface area contributed by atoms with Crippen LogP contribution in [0.2, 0.25) is 0 Å². The fourth-order valence-corrected chi connectivity index (χ4v) is 8.06. The molecule has 2 N–H and O–H groups in total. The lowest BCUT2D eigenvalue weighted by Gasteiger charge is -2.59. The Morgan fingerprint density at radius 3 is 2.56 bits per heavy atom. The van der Waals surface area contributed by atoms with Gasteiger partial charge in [-0.25, -0.2) is 0 Å². The second kappa shape index (κ2) is 9.93. The summed E-state index contributed by atoms with van der Waals surface area (Å²) in [4.78, 5) is 37.8. The minimum absolute atomic E-state index is 0.00562. The Labute approximate surface area is 225 Å². The third-order valence-corrected chi connectivity index (χ3v) is 9.97. The molecular weight excluding hydrogens is 510 g/mol. The number of allylic oxidation sites excluding steroid dienone is 4. The Bertz CT molecular complexity index is 1220. The summed E-state index contributed by atoms with van der Waals surface area (Å²) in [6.45, 7) is 0.386. The molecule has 4 aliphatic rings. The van der Waals surface area contributed by atoms with Crippen LogP contribution in [0.25, 0.3) is 0 Å². The molecule has 0 saturated heterocycles. The van der Waals surface area contributed by atoms with Gasteiger partial charge in [-0.3, -0.25) is 14.4 Å². The first-order valence-corrected chi connectivity index (χ1v) is 13.4. The Morgan fingerprint density at radius 2 is 1.87 bits per heavy atom. The molecule has 3 fully saturated rings. The maximum absolute atomic E-state index is 13.4. The van der Waals surface area contributed by atoms with Crippen LogP contribution in [0.15, 0.2) is 48.1 Å². The van der Waals surface area contributed by atoms with Gasteiger partial charge in [-0.05, 0) is 73.8 Å². The Hall–Kier alpha value is -2.91. The highest BCUT2D eigenvalue weighted by Crippen LogP contribution is 2.67. The number of Topliss-reactive ketones (excluding diaryl/α,β-unsaturated/α-hetero) is 1. The lowest BCUT2D eigenvalue weighted by atomic mass is 9.46. The lowest BCUT2D eigenvalue weighted by molar-refractivity contribution is -0.181. The largest absolute Gasteiger partial charge is 0.457 e. The first-order valence-electron chi connectivity index (χ1n) is 13.4. The summed E-state index contributed by atoms with van der Waals surface area (Å²) in [6, 6.07) is 5.54. The van der Waals surface area contributed by atoms with Crippen LogP contribution in [-0.4, -0.2) is 52.7 Å². The van der Waals surface area contributed by atoms with Gasteiger partial charge in [-0.15, -0.1) is 0 Å². The molecule has 0 spiro atoms. The van der Waals surface area contributed by atoms with Crippen LogP contribution in [0.3, 0.4) is 0 Å². The normalized spacial score (nSPS) is 37.0. The molecule has 9 heteroatoms. The molecule has 0 aromatic heterocycles. The number of rotatable bonds is 7. The zero-order chi connectivity index (χ0) is 28.2. The molecule has 5 unspecified atom stereocenters. The third kappa shape index (κ3) is 4.63. The molecule has 0 radical (unpaired) electrons. The number of esters is 1. The van der Waals surface area contributed by atoms with Crippen molar-refractivity contribution in [3.05, 3.63) is 53.6 Å². The number of fused-ring (bicyclic) bond motifs is 5. The van der Waals surface area contributed by atoms with Gasteiger partial charge < -0.3 is 19.7 Å². The summed E-state index contributed by atoms with van der Waals surface area (Å²) < 4.78 is 34.2. The van der Waals surface area contributed by atoms with E-state index < -0.39 is 47.5 Å². The van der Waals surface area contributed by atoms with E-state index in [0.29, 0.717) is 12.0 Å². The van der Waals surface area contributed by atoms with Gasteiger partial charge in [0.15, 0.2) is 12.4 Å². The quantitative estimate of drug-likeness (QED) is 0.500. The SMILES string of the molecule is CC12C=CC(=O)C=C1CCC1C2[C@@H](O)CC2(C)C1CC[C@]2(O)C(=O)COC(=O)Cc1ccc(OC(F)F)cc1. The molecule has 210 valence electrons. The van der Waals surface area contributed by atoms with Crippen molar-refractivity contribution in [2.45, 2.75) is 70.7 Å². The second-order valence-electron chi connectivity index (χ2n) is 11.9. The van der Waals surface area contributed by atoms with E-state index in [2.05, 4.69) is 11.7 Å². The molecular formula is C30H34F2O7. The zero-order valence-corrected chi connectivity index (χ0v) is 22.1. The maximum atomic E-state index is 13.4. The van der Waals surface area contributed by atoms with Gasteiger partial charge in [0.1, 0.15) is 11.4 Å². The zero-order valence-electron chi connectivity index (χ0n) is 22.1. The molecule has 1 aromatic carbocycles. The molecule has 7 atom stereocenters. The summed E-state index contributed by atoms with van der Waals surface area (Å²) in [5.74, 6) is -1.40. The minimum atomic E-state index is -2.95. The van der Waals surface area contributed by atoms with Crippen molar-refractivity contribution in [1.82, 2.24) is 0 Å². The average molecular weight is 545 g/mol. The number of ether oxygens (including phenoxy) is 2. The Kier molecular flexibility index (Phi) is 7.04. The molecule has 0 bridgehead atoms. The summed E-state index contributed by atoms with van der Waals surface area (Å²) in [6.07, 6.45) is 6.78. The molecule has 0 heterocycles. The summed E-state index contributed by atoms with van der Waals surface area (Å²) in [7, 11) is 0. The molecule has 5 rings (SSSR count). The fraction of sp³-hybridized carbons (Fsp3) is 0.567. The summed E-state index contributed by atoms with van der Waals surface area (Å²) in [5, 5.41) is 23.2. The molecule has 0 aliphatic heterocycles. The molecule has 1 aromatic rings. The van der Waals surface area contributed by atoms with Gasteiger partial charge in [-0.2, -0.15) is 8.78 Å². The van der Waals surface area contributed by atoms with Crippen LogP contribution in [0.1, 0.15) is 51.5 Å². The number of alkyl halides is 2. The van der Waals surface area contributed by atoms with E-state index in [1.807, 2.05) is 13.0 Å². The lowest BCUT2D eigenvalue weighted by Crippen LogP contribution is -2.61. The second-order valence-corrected chi connectivity index (χ2v) is 11.9. The van der Waals surface area contributed by atoms with Gasteiger partial charge in [0.25, 0.3) is 0 Å². The highest BCUT2D eigenvalue weighted by molar-refractivity contribution is 6.01. The number of carbonyl (C=O) groups is 3. The van der Waals surface area contributed by atoms with E-state index in [0.717, 1.165) is 18.4 Å². The number of halogens is 2. The van der Waals surface area contributed by atoms with E-state index in [-0.39, 0.29) is 48.5 Å². The highest BCUT2D eigenvalue weighted by atomic mass is 19.3. The minimum Gasteiger partial charge on any atom is -0.457 e. The molecule has 4 aliphatic carbocycles. The smallest absolute Gasteiger partial charge is 0.387 e. The van der Waals surface area contributed by atoms with Crippen molar-refractivity contribution in [1.29, 1.82) is 0 Å². The van der Waals surface area contributed by atoms with Crippen molar-refractivity contribution < 1.29 is 42.9 Å².